The van der Waals surface area contributed by atoms with Gasteiger partial charge in [-0.1, -0.05) is 48.5 Å². The number of hydrogen-bond acceptors (Lipinski definition) is 0. The van der Waals surface area contributed by atoms with Crippen LogP contribution in [-0.2, 0) is 10.8 Å². The third kappa shape index (κ3) is 1.76. The van der Waals surface area contributed by atoms with E-state index < -0.39 is 0 Å². The van der Waals surface area contributed by atoms with Crippen LogP contribution in [0, 0.1) is 24.0 Å². The lowest BCUT2D eigenvalue weighted by atomic mass is 9.42. The van der Waals surface area contributed by atoms with Crippen molar-refractivity contribution in [3.8, 4) is 0 Å². The molecular weight excluding hydrogens is 264 g/mol. The molecule has 4 saturated carbocycles. The minimum atomic E-state index is 0.384. The van der Waals surface area contributed by atoms with Gasteiger partial charge in [-0.3, -0.25) is 0 Å². The van der Waals surface area contributed by atoms with E-state index in [2.05, 4.69) is 60.7 Å². The topological polar surface area (TPSA) is 0 Å². The maximum absolute atomic E-state index is 3.58. The quantitative estimate of drug-likeness (QED) is 0.722. The van der Waals surface area contributed by atoms with Crippen LogP contribution in [0.4, 0.5) is 0 Å². The Labute approximate surface area is 133 Å². The summed E-state index contributed by atoms with van der Waals surface area (Å²) in [5.74, 6) is 1.81. The van der Waals surface area contributed by atoms with Gasteiger partial charge in [0.1, 0.15) is 0 Å². The number of hydrogen-bond donors (Lipinski definition) is 0. The summed E-state index contributed by atoms with van der Waals surface area (Å²) in [6, 6.07) is 24.6. The standard InChI is InChI=1S/C22H22/c1-3-7-19(8-4-1)21-12-17-11-18(13-21)15-22(14-17,16-21)20-9-5-2-6-10-20/h1-7,9,17-18H,11-16H2. The molecule has 0 amide bonds. The zero-order valence-electron chi connectivity index (χ0n) is 13.0. The van der Waals surface area contributed by atoms with E-state index in [4.69, 9.17) is 0 Å². The molecule has 0 atom stereocenters. The van der Waals surface area contributed by atoms with E-state index in [9.17, 15) is 0 Å². The van der Waals surface area contributed by atoms with E-state index in [0.717, 1.165) is 11.8 Å². The Hall–Kier alpha value is -1.56. The Morgan fingerprint density at radius 2 is 1.23 bits per heavy atom. The minimum absolute atomic E-state index is 0.384. The van der Waals surface area contributed by atoms with E-state index in [1.165, 1.54) is 49.7 Å². The SMILES string of the molecule is [c]1ccccc1C12CC3CC(C1)CC(c1[c]cccc1)(C3)C2. The normalized spacial score (nSPS) is 39.1. The molecule has 0 N–H and O–H groups in total. The molecule has 22 heavy (non-hydrogen) atoms. The van der Waals surface area contributed by atoms with Crippen LogP contribution in [0.1, 0.15) is 49.7 Å². The Kier molecular flexibility index (Phi) is 2.63. The van der Waals surface area contributed by atoms with E-state index in [1.807, 2.05) is 0 Å². The first-order valence-electron chi connectivity index (χ1n) is 8.73. The van der Waals surface area contributed by atoms with Crippen LogP contribution >= 0.6 is 0 Å². The van der Waals surface area contributed by atoms with Gasteiger partial charge in [0.15, 0.2) is 0 Å². The van der Waals surface area contributed by atoms with Crippen molar-refractivity contribution in [1.29, 1.82) is 0 Å². The number of benzene rings is 2. The van der Waals surface area contributed by atoms with Gasteiger partial charge in [-0.05, 0) is 84.5 Å². The Morgan fingerprint density at radius 3 is 1.64 bits per heavy atom. The average Bonchev–Trinajstić information content (AvgIpc) is 2.55. The van der Waals surface area contributed by atoms with Gasteiger partial charge in [-0.25, -0.2) is 0 Å². The molecular formula is C22H22. The highest BCUT2D eigenvalue weighted by Gasteiger charge is 2.58. The van der Waals surface area contributed by atoms with E-state index in [1.54, 1.807) is 0 Å². The van der Waals surface area contributed by atoms with E-state index in [-0.39, 0.29) is 0 Å². The summed E-state index contributed by atoms with van der Waals surface area (Å²) < 4.78 is 0. The smallest absolute Gasteiger partial charge is 0.00271 e. The molecule has 0 nitrogen and oxygen atoms in total. The molecule has 6 rings (SSSR count). The zero-order valence-corrected chi connectivity index (χ0v) is 13.0. The summed E-state index contributed by atoms with van der Waals surface area (Å²) in [5.41, 5.74) is 3.72. The molecule has 0 heteroatoms. The van der Waals surface area contributed by atoms with Gasteiger partial charge < -0.3 is 0 Å². The highest BCUT2D eigenvalue weighted by atomic mass is 14.6. The van der Waals surface area contributed by atoms with Crippen LogP contribution in [-0.4, -0.2) is 0 Å². The minimum Gasteiger partial charge on any atom is -0.0619 e. The van der Waals surface area contributed by atoms with E-state index >= 15 is 0 Å². The van der Waals surface area contributed by atoms with Crippen molar-refractivity contribution in [3.05, 3.63) is 71.8 Å². The molecule has 0 aromatic heterocycles. The van der Waals surface area contributed by atoms with Crippen LogP contribution in [0.2, 0.25) is 0 Å². The third-order valence-electron chi connectivity index (χ3n) is 6.62. The van der Waals surface area contributed by atoms with Crippen LogP contribution in [0.25, 0.3) is 0 Å². The average molecular weight is 286 g/mol. The Morgan fingerprint density at radius 1 is 0.727 bits per heavy atom. The van der Waals surface area contributed by atoms with Gasteiger partial charge >= 0.3 is 0 Å². The lowest BCUT2D eigenvalue weighted by Gasteiger charge is -2.62. The van der Waals surface area contributed by atoms with Crippen molar-refractivity contribution in [1.82, 2.24) is 0 Å². The van der Waals surface area contributed by atoms with Crippen LogP contribution in [0.5, 0.6) is 0 Å². The predicted molar refractivity (Wildman–Crippen MR) is 88.6 cm³/mol. The van der Waals surface area contributed by atoms with Crippen molar-refractivity contribution in [2.45, 2.75) is 49.4 Å². The molecule has 0 spiro atoms. The lowest BCUT2D eigenvalue weighted by molar-refractivity contribution is -0.0283. The van der Waals surface area contributed by atoms with Gasteiger partial charge in [0.25, 0.3) is 0 Å². The van der Waals surface area contributed by atoms with Gasteiger partial charge in [-0.2, -0.15) is 0 Å². The first kappa shape index (κ1) is 12.9. The molecule has 110 valence electrons. The van der Waals surface area contributed by atoms with Gasteiger partial charge in [0.2, 0.25) is 0 Å². The molecule has 4 aliphatic rings. The molecule has 2 aromatic carbocycles. The fourth-order valence-corrected chi connectivity index (χ4v) is 6.34. The summed E-state index contributed by atoms with van der Waals surface area (Å²) in [7, 11) is 0. The Balaban J connectivity index is 1.63. The largest absolute Gasteiger partial charge is 0.0619 e. The second-order valence-electron chi connectivity index (χ2n) is 8.07. The highest BCUT2D eigenvalue weighted by molar-refractivity contribution is 5.36. The number of rotatable bonds is 2. The monoisotopic (exact) mass is 286 g/mol. The van der Waals surface area contributed by atoms with Crippen molar-refractivity contribution >= 4 is 0 Å². The molecule has 0 saturated heterocycles. The molecule has 0 heterocycles. The predicted octanol–water partition coefficient (Wildman–Crippen LogP) is 5.08. The van der Waals surface area contributed by atoms with E-state index in [0.29, 0.717) is 10.8 Å². The van der Waals surface area contributed by atoms with Gasteiger partial charge in [-0.15, -0.1) is 0 Å². The van der Waals surface area contributed by atoms with Crippen molar-refractivity contribution in [2.75, 3.05) is 0 Å². The first-order chi connectivity index (χ1) is 10.8. The van der Waals surface area contributed by atoms with Crippen molar-refractivity contribution in [3.63, 3.8) is 0 Å². The summed E-state index contributed by atoms with van der Waals surface area (Å²) in [4.78, 5) is 0. The van der Waals surface area contributed by atoms with Crippen molar-refractivity contribution in [2.24, 2.45) is 11.8 Å². The first-order valence-corrected chi connectivity index (χ1v) is 8.73. The molecule has 2 radical (unpaired) electrons. The molecule has 2 aromatic rings. The van der Waals surface area contributed by atoms with Gasteiger partial charge in [0, 0.05) is 0 Å². The molecule has 4 fully saturated rings. The maximum atomic E-state index is 3.58. The Bertz CT molecular complexity index is 598. The lowest BCUT2D eigenvalue weighted by Crippen LogP contribution is -2.55. The summed E-state index contributed by atoms with van der Waals surface area (Å²) in [6.07, 6.45) is 8.32. The zero-order chi connectivity index (χ0) is 14.6. The molecule has 4 aliphatic carbocycles. The molecule has 0 aliphatic heterocycles. The fraction of sp³-hybridized carbons (Fsp3) is 0.455. The fourth-order valence-electron chi connectivity index (χ4n) is 6.34. The highest BCUT2D eigenvalue weighted by Crippen LogP contribution is 2.65. The second kappa shape index (κ2) is 4.47. The van der Waals surface area contributed by atoms with Gasteiger partial charge in [0.05, 0.1) is 0 Å². The molecule has 0 unspecified atom stereocenters. The summed E-state index contributed by atoms with van der Waals surface area (Å²) in [5, 5.41) is 0. The van der Waals surface area contributed by atoms with Crippen LogP contribution in [0.3, 0.4) is 0 Å². The summed E-state index contributed by atoms with van der Waals surface area (Å²) in [6.45, 7) is 0. The van der Waals surface area contributed by atoms with Crippen molar-refractivity contribution < 1.29 is 0 Å². The summed E-state index contributed by atoms with van der Waals surface area (Å²) >= 11 is 0. The maximum Gasteiger partial charge on any atom is -0.00271 e. The van der Waals surface area contributed by atoms with Crippen LogP contribution in [0.15, 0.2) is 48.5 Å². The molecule has 4 bridgehead atoms. The van der Waals surface area contributed by atoms with Crippen LogP contribution < -0.4 is 0 Å². The second-order valence-corrected chi connectivity index (χ2v) is 8.07. The third-order valence-corrected chi connectivity index (χ3v) is 6.62.